The molecule has 0 aromatic heterocycles. The summed E-state index contributed by atoms with van der Waals surface area (Å²) < 4.78 is 19.8. The molecule has 3 aliphatic rings. The van der Waals surface area contributed by atoms with Crippen molar-refractivity contribution in [3.05, 3.63) is 0 Å². The Morgan fingerprint density at radius 3 is 1.42 bits per heavy atom. The predicted octanol–water partition coefficient (Wildman–Crippen LogP) is -11.4. The van der Waals surface area contributed by atoms with E-state index < -0.39 is 137 Å². The van der Waals surface area contributed by atoms with Crippen LogP contribution in [0, 0.1) is 0 Å². The highest BCUT2D eigenvalue weighted by Gasteiger charge is 2.50. The molecule has 0 aromatic carbocycles. The summed E-state index contributed by atoms with van der Waals surface area (Å²) in [5.74, 6) is 0. The van der Waals surface area contributed by atoms with E-state index in [0.29, 0.717) is 0 Å². The first-order chi connectivity index (χ1) is 21.0. The maximum Gasteiger partial charge on any atom is 0.187 e. The Bertz CT molecular complexity index is 817. The van der Waals surface area contributed by atoms with Crippen molar-refractivity contribution in [3.63, 3.8) is 0 Å². The van der Waals surface area contributed by atoms with Crippen LogP contribution in [-0.4, -0.2) is 230 Å². The summed E-state index contributed by atoms with van der Waals surface area (Å²) in [5.41, 5.74) is 0. The number of aliphatic hydroxyl groups excluding tert-OH is 17. The summed E-state index contributed by atoms with van der Waals surface area (Å²) in [7, 11) is 0. The Kier molecular flexibility index (Phi) is 18.2. The Morgan fingerprint density at radius 1 is 0.556 bits per heavy atom. The van der Waals surface area contributed by atoms with Gasteiger partial charge in [-0.15, -0.1) is 0 Å². The van der Waals surface area contributed by atoms with Crippen LogP contribution in [0.25, 0.3) is 0 Å². The fourth-order valence-corrected chi connectivity index (χ4v) is 4.07. The van der Waals surface area contributed by atoms with Crippen molar-refractivity contribution in [1.82, 2.24) is 0 Å². The van der Waals surface area contributed by atoms with Crippen molar-refractivity contribution >= 4 is 6.29 Å². The Hall–Kier alpha value is -1.17. The minimum Gasteiger partial charge on any atom is -0.394 e. The van der Waals surface area contributed by atoms with Crippen molar-refractivity contribution in [3.8, 4) is 0 Å². The number of carbonyl (C=O) groups excluding carboxylic acids is 1. The number of carbonyl (C=O) groups is 1. The fraction of sp³-hybridized carbons (Fsp3) is 0.957. The molecule has 0 radical (unpaired) electrons. The molecule has 0 spiro atoms. The number of rotatable bonds is 9. The zero-order valence-electron chi connectivity index (χ0n) is 23.4. The van der Waals surface area contributed by atoms with E-state index in [1.165, 1.54) is 0 Å². The van der Waals surface area contributed by atoms with Crippen LogP contribution in [0.1, 0.15) is 0 Å². The van der Waals surface area contributed by atoms with Gasteiger partial charge in [0.15, 0.2) is 25.2 Å². The lowest BCUT2D eigenvalue weighted by molar-refractivity contribution is -0.355. The summed E-state index contributed by atoms with van der Waals surface area (Å²) in [5, 5.41) is 155. The van der Waals surface area contributed by atoms with Crippen molar-refractivity contribution < 1.29 is 111 Å². The third-order valence-corrected chi connectivity index (χ3v) is 6.92. The molecule has 268 valence electrons. The molecule has 22 heteroatoms. The van der Waals surface area contributed by atoms with Gasteiger partial charge in [-0.3, -0.25) is 0 Å². The fourth-order valence-electron chi connectivity index (χ4n) is 4.07. The molecule has 3 rings (SSSR count). The highest BCUT2D eigenvalue weighted by Crippen LogP contribution is 2.28. The number of aldehydes is 1. The number of aliphatic hydroxyl groups is 17. The standard InChI is InChI=1S/C12H22O11.C6H12O6.C5H10O5/c13-1-3-5(15)6(16)9(19)12(22-3)23-10-4(2-14)21-11(20)8(18)7(10)17;7-1-2-3(8)4(9)5(10)6(11)12-2;6-1-3(8)5(10)4(9)2-7/h3-20H,1-2H2;2-11H,1H2;1,3-5,7-10H,2H2/t3-,4-,5+,6+,7-,8-,9-,10-,11-,12+;2-,3+,4-,5+,6-;3-,4-,5-/m111/s1. The number of hydrogen-bond donors (Lipinski definition) is 17. The first-order valence-corrected chi connectivity index (χ1v) is 13.4. The largest absolute Gasteiger partial charge is 0.394 e. The smallest absolute Gasteiger partial charge is 0.187 e. The SMILES string of the molecule is O=C[C@@H](O)[C@@H](O)[C@H](O)CO.OC[C@H]1O[C@@H](O)[C@@H](O)[C@H](O)[C@H]1O.OC[C@H]1O[C@@H](O[C@H]2[C@H](O)[C@@H](O)[C@H](O)O[C@@H]2CO)[C@H](O)[C@@H](O)[C@H]1O. The highest BCUT2D eigenvalue weighted by atomic mass is 16.7. The molecule has 17 N–H and O–H groups in total. The van der Waals surface area contributed by atoms with Crippen molar-refractivity contribution in [2.24, 2.45) is 0 Å². The quantitative estimate of drug-likeness (QED) is 0.101. The summed E-state index contributed by atoms with van der Waals surface area (Å²) in [6.07, 6.45) is -27.2. The number of hydrogen-bond acceptors (Lipinski definition) is 22. The van der Waals surface area contributed by atoms with E-state index in [9.17, 15) is 40.5 Å². The van der Waals surface area contributed by atoms with Crippen LogP contribution in [0.3, 0.4) is 0 Å². The maximum absolute atomic E-state index is 9.94. The van der Waals surface area contributed by atoms with E-state index in [1.807, 2.05) is 0 Å². The summed E-state index contributed by atoms with van der Waals surface area (Å²) >= 11 is 0. The van der Waals surface area contributed by atoms with Gasteiger partial charge in [-0.1, -0.05) is 0 Å². The van der Waals surface area contributed by atoms with Crippen LogP contribution >= 0.6 is 0 Å². The topological polar surface area (TPSA) is 398 Å². The van der Waals surface area contributed by atoms with E-state index >= 15 is 0 Å². The van der Waals surface area contributed by atoms with Gasteiger partial charge in [-0.2, -0.15) is 0 Å². The molecule has 3 saturated heterocycles. The van der Waals surface area contributed by atoms with Gasteiger partial charge < -0.3 is 111 Å². The molecule has 0 unspecified atom stereocenters. The highest BCUT2D eigenvalue weighted by molar-refractivity contribution is 5.56. The zero-order chi connectivity index (χ0) is 34.8. The van der Waals surface area contributed by atoms with E-state index in [2.05, 4.69) is 4.74 Å². The van der Waals surface area contributed by atoms with Gasteiger partial charge in [-0.05, 0) is 0 Å². The molecule has 0 aliphatic carbocycles. The van der Waals surface area contributed by atoms with Gasteiger partial charge in [0.2, 0.25) is 0 Å². The van der Waals surface area contributed by atoms with Gasteiger partial charge in [-0.25, -0.2) is 0 Å². The van der Waals surface area contributed by atoms with Gasteiger partial charge in [0, 0.05) is 0 Å². The van der Waals surface area contributed by atoms with Crippen LogP contribution < -0.4 is 0 Å². The Labute approximate surface area is 254 Å². The van der Waals surface area contributed by atoms with E-state index in [-0.39, 0.29) is 6.29 Å². The first-order valence-electron chi connectivity index (χ1n) is 13.4. The Balaban J connectivity index is 0.000000385. The lowest BCUT2D eigenvalue weighted by Crippen LogP contribution is -2.64. The van der Waals surface area contributed by atoms with Crippen molar-refractivity contribution in [2.45, 2.75) is 110 Å². The number of ether oxygens (including phenoxy) is 4. The van der Waals surface area contributed by atoms with E-state index in [1.54, 1.807) is 0 Å². The summed E-state index contributed by atoms with van der Waals surface area (Å²) in [6.45, 7) is -2.56. The van der Waals surface area contributed by atoms with Crippen LogP contribution in [0.5, 0.6) is 0 Å². The van der Waals surface area contributed by atoms with Crippen LogP contribution in [0.15, 0.2) is 0 Å². The summed E-state index contributed by atoms with van der Waals surface area (Å²) in [6, 6.07) is 0. The molecule has 0 saturated carbocycles. The molecular weight excluding hydrogens is 628 g/mol. The molecule has 0 amide bonds. The van der Waals surface area contributed by atoms with Crippen LogP contribution in [-0.2, 0) is 23.7 Å². The normalized spacial score (nSPS) is 43.9. The molecule has 0 aromatic rings. The minimum atomic E-state index is -1.74. The second kappa shape index (κ2) is 19.6. The second-order valence-corrected chi connectivity index (χ2v) is 10.1. The third kappa shape index (κ3) is 10.9. The average Bonchev–Trinajstić information content (AvgIpc) is 3.04. The van der Waals surface area contributed by atoms with E-state index in [4.69, 9.17) is 65.3 Å². The van der Waals surface area contributed by atoms with Gasteiger partial charge >= 0.3 is 0 Å². The van der Waals surface area contributed by atoms with Gasteiger partial charge in [0.1, 0.15) is 91.6 Å². The lowest BCUT2D eigenvalue weighted by Gasteiger charge is -2.45. The van der Waals surface area contributed by atoms with Crippen LogP contribution in [0.4, 0.5) is 0 Å². The monoisotopic (exact) mass is 672 g/mol. The molecule has 0 bridgehead atoms. The van der Waals surface area contributed by atoms with E-state index in [0.717, 1.165) is 0 Å². The zero-order valence-corrected chi connectivity index (χ0v) is 23.4. The maximum atomic E-state index is 9.94. The van der Waals surface area contributed by atoms with Gasteiger partial charge in [0.25, 0.3) is 0 Å². The second-order valence-electron chi connectivity index (χ2n) is 10.1. The predicted molar refractivity (Wildman–Crippen MR) is 136 cm³/mol. The first kappa shape index (κ1) is 41.9. The average molecular weight is 673 g/mol. The Morgan fingerprint density at radius 2 is 0.978 bits per heavy atom. The molecular formula is C23H44O22. The molecule has 22 nitrogen and oxygen atoms in total. The molecule has 3 heterocycles. The molecule has 18 atom stereocenters. The van der Waals surface area contributed by atoms with Crippen molar-refractivity contribution in [2.75, 3.05) is 26.4 Å². The van der Waals surface area contributed by atoms with Crippen LogP contribution in [0.2, 0.25) is 0 Å². The lowest BCUT2D eigenvalue weighted by atomic mass is 9.97. The molecule has 45 heavy (non-hydrogen) atoms. The molecule has 3 fully saturated rings. The molecule has 3 aliphatic heterocycles. The third-order valence-electron chi connectivity index (χ3n) is 6.92. The minimum absolute atomic E-state index is 0.0869. The van der Waals surface area contributed by atoms with Crippen molar-refractivity contribution in [1.29, 1.82) is 0 Å². The summed E-state index contributed by atoms with van der Waals surface area (Å²) in [4.78, 5) is 9.76. The van der Waals surface area contributed by atoms with Gasteiger partial charge in [0.05, 0.1) is 26.4 Å².